The van der Waals surface area contributed by atoms with Crippen LogP contribution < -0.4 is 10.6 Å². The fourth-order valence-electron chi connectivity index (χ4n) is 4.54. The lowest BCUT2D eigenvalue weighted by Gasteiger charge is -2.29. The summed E-state index contributed by atoms with van der Waals surface area (Å²) < 4.78 is 2.12. The summed E-state index contributed by atoms with van der Waals surface area (Å²) in [6, 6.07) is 25.8. The number of rotatable bonds is 8. The number of nitrogens with zero attached hydrogens (tertiary/aromatic N) is 3. The molecule has 4 aromatic rings. The Kier molecular flexibility index (Phi) is 7.23. The molecule has 0 spiro atoms. The van der Waals surface area contributed by atoms with Crippen molar-refractivity contribution in [3.05, 3.63) is 113 Å². The second-order valence-electron chi connectivity index (χ2n) is 8.37. The molecule has 5 rings (SSSR count). The Hall–Kier alpha value is -3.06. The average molecular weight is 523 g/mol. The Morgan fingerprint density at radius 1 is 0.971 bits per heavy atom. The molecule has 8 heteroatoms. The molecular weight excluding hydrogens is 497 g/mol. The minimum absolute atomic E-state index is 0.0594. The smallest absolute Gasteiger partial charge is 0.170 e. The van der Waals surface area contributed by atoms with Crippen LogP contribution in [0.2, 0.25) is 10.0 Å². The highest BCUT2D eigenvalue weighted by Crippen LogP contribution is 2.40. The van der Waals surface area contributed by atoms with E-state index in [0.29, 0.717) is 10.0 Å². The van der Waals surface area contributed by atoms with Gasteiger partial charge in [0.05, 0.1) is 28.5 Å². The molecule has 2 atom stereocenters. The number of aromatic nitrogens is 2. The maximum Gasteiger partial charge on any atom is 0.170 e. The van der Waals surface area contributed by atoms with E-state index in [9.17, 15) is 0 Å². The lowest BCUT2D eigenvalue weighted by atomic mass is 10.0. The molecule has 2 aromatic heterocycles. The van der Waals surface area contributed by atoms with Crippen molar-refractivity contribution in [2.75, 3.05) is 18.4 Å². The van der Waals surface area contributed by atoms with Gasteiger partial charge in [-0.1, -0.05) is 47.5 Å². The first kappa shape index (κ1) is 23.7. The van der Waals surface area contributed by atoms with Crippen molar-refractivity contribution in [2.45, 2.75) is 18.5 Å². The fourth-order valence-corrected chi connectivity index (χ4v) is 5.37. The predicted octanol–water partition coefficient (Wildman–Crippen LogP) is 6.65. The molecule has 2 aromatic carbocycles. The summed E-state index contributed by atoms with van der Waals surface area (Å²) >= 11 is 18.6. The van der Waals surface area contributed by atoms with Gasteiger partial charge in [-0.05, 0) is 73.2 Å². The van der Waals surface area contributed by atoms with E-state index in [2.05, 4.69) is 43.3 Å². The first-order valence-electron chi connectivity index (χ1n) is 11.5. The summed E-state index contributed by atoms with van der Waals surface area (Å²) in [5, 5.41) is 8.94. The van der Waals surface area contributed by atoms with Gasteiger partial charge in [-0.2, -0.15) is 0 Å². The van der Waals surface area contributed by atoms with E-state index in [-0.39, 0.29) is 12.1 Å². The molecule has 1 saturated heterocycles. The van der Waals surface area contributed by atoms with Crippen molar-refractivity contribution in [1.29, 1.82) is 0 Å². The molecule has 1 aliphatic rings. The van der Waals surface area contributed by atoms with Crippen LogP contribution in [0, 0.1) is 0 Å². The molecule has 1 aliphatic heterocycles. The number of benzene rings is 2. The van der Waals surface area contributed by atoms with Gasteiger partial charge < -0.3 is 20.1 Å². The van der Waals surface area contributed by atoms with Crippen molar-refractivity contribution in [3.63, 3.8) is 0 Å². The van der Waals surface area contributed by atoms with Crippen LogP contribution in [0.15, 0.2) is 91.3 Å². The number of para-hydroxylation sites is 1. The minimum atomic E-state index is -0.0921. The van der Waals surface area contributed by atoms with Crippen LogP contribution in [0.25, 0.3) is 5.69 Å². The normalized spacial score (nSPS) is 17.4. The Balaban J connectivity index is 1.44. The molecule has 0 unspecified atom stereocenters. The Morgan fingerprint density at radius 2 is 1.80 bits per heavy atom. The van der Waals surface area contributed by atoms with Gasteiger partial charge in [-0.3, -0.25) is 4.98 Å². The van der Waals surface area contributed by atoms with Gasteiger partial charge in [-0.15, -0.1) is 0 Å². The summed E-state index contributed by atoms with van der Waals surface area (Å²) in [5.41, 5.74) is 4.01. The van der Waals surface area contributed by atoms with Gasteiger partial charge in [0.1, 0.15) is 0 Å². The Labute approximate surface area is 220 Å². The zero-order valence-corrected chi connectivity index (χ0v) is 21.3. The third-order valence-electron chi connectivity index (χ3n) is 6.13. The van der Waals surface area contributed by atoms with E-state index < -0.39 is 0 Å². The third kappa shape index (κ3) is 5.15. The van der Waals surface area contributed by atoms with E-state index >= 15 is 0 Å². The summed E-state index contributed by atoms with van der Waals surface area (Å²) in [5.74, 6) is 0. The molecule has 0 amide bonds. The maximum atomic E-state index is 6.60. The largest absolute Gasteiger partial charge is 0.385 e. The molecule has 0 saturated carbocycles. The van der Waals surface area contributed by atoms with E-state index in [1.54, 1.807) is 6.07 Å². The molecular formula is C27H25Cl2N5S. The van der Waals surface area contributed by atoms with Gasteiger partial charge in [-0.25, -0.2) is 0 Å². The SMILES string of the molecule is S=C1N[C@@H](c2ccccn2)[C@H](c2cccn2-c2ccc(Cl)cc2Cl)N1CCCNc1ccccc1. The molecule has 0 radical (unpaired) electrons. The van der Waals surface area contributed by atoms with Crippen LogP contribution in [0.4, 0.5) is 5.69 Å². The zero-order valence-electron chi connectivity index (χ0n) is 18.9. The summed E-state index contributed by atoms with van der Waals surface area (Å²) in [7, 11) is 0. The predicted molar refractivity (Wildman–Crippen MR) is 147 cm³/mol. The monoisotopic (exact) mass is 521 g/mol. The number of hydrogen-bond donors (Lipinski definition) is 2. The van der Waals surface area contributed by atoms with Crippen molar-refractivity contribution in [3.8, 4) is 5.69 Å². The molecule has 5 nitrogen and oxygen atoms in total. The van der Waals surface area contributed by atoms with Gasteiger partial charge >= 0.3 is 0 Å². The van der Waals surface area contributed by atoms with Crippen molar-refractivity contribution in [1.82, 2.24) is 19.8 Å². The lowest BCUT2D eigenvalue weighted by molar-refractivity contribution is 0.307. The number of nitrogens with one attached hydrogen (secondary N) is 2. The highest BCUT2D eigenvalue weighted by molar-refractivity contribution is 7.80. The topological polar surface area (TPSA) is 45.1 Å². The number of halogens is 2. The standard InChI is InChI=1S/C27H25Cl2N5S/c28-19-12-13-23(21(29)18-19)33-16-6-11-24(33)26-25(22-10-4-5-14-31-22)32-27(35)34(26)17-7-15-30-20-8-2-1-3-9-20/h1-6,8-14,16,18,25-26,30H,7,15,17H2,(H,32,35)/t25-,26-/m0/s1. The molecule has 178 valence electrons. The molecule has 2 N–H and O–H groups in total. The lowest BCUT2D eigenvalue weighted by Crippen LogP contribution is -2.32. The molecule has 3 heterocycles. The van der Waals surface area contributed by atoms with Gasteiger partial charge in [0.2, 0.25) is 0 Å². The van der Waals surface area contributed by atoms with E-state index in [4.69, 9.17) is 35.4 Å². The van der Waals surface area contributed by atoms with Gasteiger partial charge in [0, 0.05) is 41.9 Å². The van der Waals surface area contributed by atoms with Crippen molar-refractivity contribution >= 4 is 46.2 Å². The Bertz CT molecular complexity index is 1300. The summed E-state index contributed by atoms with van der Waals surface area (Å²) in [4.78, 5) is 6.90. The number of hydrogen-bond acceptors (Lipinski definition) is 3. The number of pyridine rings is 1. The highest BCUT2D eigenvalue weighted by Gasteiger charge is 2.41. The third-order valence-corrected chi connectivity index (χ3v) is 7.02. The second-order valence-corrected chi connectivity index (χ2v) is 9.60. The quantitative estimate of drug-likeness (QED) is 0.200. The average Bonchev–Trinajstić information content (AvgIpc) is 3.47. The molecule has 35 heavy (non-hydrogen) atoms. The zero-order chi connectivity index (χ0) is 24.2. The van der Waals surface area contributed by atoms with Crippen LogP contribution >= 0.6 is 35.4 Å². The maximum absolute atomic E-state index is 6.60. The van der Waals surface area contributed by atoms with Crippen molar-refractivity contribution < 1.29 is 0 Å². The molecule has 0 bridgehead atoms. The summed E-state index contributed by atoms with van der Waals surface area (Å²) in [6.45, 7) is 1.63. The number of thiocarbonyl (C=S) groups is 1. The van der Waals surface area contributed by atoms with Gasteiger partial charge in [0.25, 0.3) is 0 Å². The van der Waals surface area contributed by atoms with E-state index in [0.717, 1.165) is 47.4 Å². The first-order chi connectivity index (χ1) is 17.1. The highest BCUT2D eigenvalue weighted by atomic mass is 35.5. The van der Waals surface area contributed by atoms with Crippen LogP contribution in [0.3, 0.4) is 0 Å². The first-order valence-corrected chi connectivity index (χ1v) is 12.7. The Morgan fingerprint density at radius 3 is 2.57 bits per heavy atom. The fraction of sp³-hybridized carbons (Fsp3) is 0.185. The minimum Gasteiger partial charge on any atom is -0.385 e. The molecule has 1 fully saturated rings. The molecule has 0 aliphatic carbocycles. The van der Waals surface area contributed by atoms with E-state index in [1.807, 2.05) is 67.0 Å². The van der Waals surface area contributed by atoms with Crippen LogP contribution in [-0.2, 0) is 0 Å². The van der Waals surface area contributed by atoms with Crippen LogP contribution in [0.5, 0.6) is 0 Å². The van der Waals surface area contributed by atoms with Crippen LogP contribution in [-0.4, -0.2) is 32.7 Å². The van der Waals surface area contributed by atoms with Crippen LogP contribution in [0.1, 0.15) is 29.9 Å². The van der Waals surface area contributed by atoms with Gasteiger partial charge in [0.15, 0.2) is 5.11 Å². The summed E-state index contributed by atoms with van der Waals surface area (Å²) in [6.07, 6.45) is 4.76. The number of anilines is 1. The second kappa shape index (κ2) is 10.7. The van der Waals surface area contributed by atoms with Crippen molar-refractivity contribution in [2.24, 2.45) is 0 Å². The van der Waals surface area contributed by atoms with E-state index in [1.165, 1.54) is 0 Å².